The molecule has 1 saturated heterocycles. The summed E-state index contributed by atoms with van der Waals surface area (Å²) >= 11 is 0. The molecule has 4 nitrogen and oxygen atoms in total. The monoisotopic (exact) mass is 212 g/mol. The van der Waals surface area contributed by atoms with E-state index in [2.05, 4.69) is 31.4 Å². The predicted octanol–water partition coefficient (Wildman–Crippen LogP) is 0.531. The zero-order chi connectivity index (χ0) is 11.4. The second kappa shape index (κ2) is 5.14. The number of nitrogens with one attached hydrogen (secondary N) is 2. The van der Waals surface area contributed by atoms with Gasteiger partial charge in [0, 0.05) is 19.5 Å². The average molecular weight is 212 g/mol. The van der Waals surface area contributed by atoms with Gasteiger partial charge in [-0.1, -0.05) is 20.8 Å². The van der Waals surface area contributed by atoms with Gasteiger partial charge in [0.2, 0.25) is 11.8 Å². The molecule has 4 heteroatoms. The van der Waals surface area contributed by atoms with Gasteiger partial charge in [-0.25, -0.2) is 0 Å². The average Bonchev–Trinajstić information content (AvgIpc) is 2.60. The normalized spacial score (nSPS) is 22.7. The van der Waals surface area contributed by atoms with Crippen molar-refractivity contribution >= 4 is 11.8 Å². The van der Waals surface area contributed by atoms with Crippen LogP contribution in [-0.4, -0.2) is 24.9 Å². The maximum Gasteiger partial charge on any atom is 0.225 e. The Morgan fingerprint density at radius 2 is 2.20 bits per heavy atom. The molecule has 0 aromatic rings. The van der Waals surface area contributed by atoms with Crippen LogP contribution in [0.2, 0.25) is 0 Å². The first-order chi connectivity index (χ1) is 7.00. The Kier molecular flexibility index (Phi) is 4.12. The van der Waals surface area contributed by atoms with Gasteiger partial charge >= 0.3 is 0 Å². The Labute approximate surface area is 90.8 Å². The van der Waals surface area contributed by atoms with E-state index in [1.54, 1.807) is 0 Å². The second-order valence-electron chi connectivity index (χ2n) is 4.67. The summed E-state index contributed by atoms with van der Waals surface area (Å²) < 4.78 is 0. The van der Waals surface area contributed by atoms with E-state index in [1.165, 1.54) is 0 Å². The smallest absolute Gasteiger partial charge is 0.225 e. The lowest BCUT2D eigenvalue weighted by atomic mass is 9.98. The topological polar surface area (TPSA) is 58.2 Å². The molecular weight excluding hydrogens is 192 g/mol. The molecule has 86 valence electrons. The zero-order valence-electron chi connectivity index (χ0n) is 9.67. The van der Waals surface area contributed by atoms with Gasteiger partial charge in [0.05, 0.1) is 5.92 Å². The van der Waals surface area contributed by atoms with Crippen LogP contribution in [0.1, 0.15) is 27.2 Å². The van der Waals surface area contributed by atoms with Crippen LogP contribution in [0.25, 0.3) is 0 Å². The van der Waals surface area contributed by atoms with E-state index in [4.69, 9.17) is 0 Å². The third kappa shape index (κ3) is 3.53. The summed E-state index contributed by atoms with van der Waals surface area (Å²) in [6.45, 7) is 7.57. The van der Waals surface area contributed by atoms with Crippen molar-refractivity contribution in [2.24, 2.45) is 17.8 Å². The van der Waals surface area contributed by atoms with Crippen LogP contribution in [0.15, 0.2) is 0 Å². The molecule has 0 aromatic carbocycles. The maximum atomic E-state index is 11.6. The van der Waals surface area contributed by atoms with Gasteiger partial charge in [-0.15, -0.1) is 0 Å². The summed E-state index contributed by atoms with van der Waals surface area (Å²) in [5.74, 6) is 0.845. The summed E-state index contributed by atoms with van der Waals surface area (Å²) in [5.41, 5.74) is 0. The number of carbonyl (C=O) groups is 2. The fourth-order valence-corrected chi connectivity index (χ4v) is 1.43. The number of rotatable bonds is 4. The van der Waals surface area contributed by atoms with Gasteiger partial charge in [-0.05, 0) is 11.8 Å². The molecule has 2 unspecified atom stereocenters. The molecule has 15 heavy (non-hydrogen) atoms. The molecule has 1 aliphatic rings. The van der Waals surface area contributed by atoms with Crippen LogP contribution in [0.3, 0.4) is 0 Å². The lowest BCUT2D eigenvalue weighted by molar-refractivity contribution is -0.126. The van der Waals surface area contributed by atoms with Gasteiger partial charge < -0.3 is 10.6 Å². The van der Waals surface area contributed by atoms with Crippen molar-refractivity contribution in [1.82, 2.24) is 10.6 Å². The largest absolute Gasteiger partial charge is 0.356 e. The molecule has 0 spiro atoms. The Morgan fingerprint density at radius 1 is 1.53 bits per heavy atom. The van der Waals surface area contributed by atoms with E-state index in [1.807, 2.05) is 0 Å². The molecule has 1 aliphatic heterocycles. The fourth-order valence-electron chi connectivity index (χ4n) is 1.43. The summed E-state index contributed by atoms with van der Waals surface area (Å²) in [6.07, 6.45) is 0.335. The molecule has 0 radical (unpaired) electrons. The van der Waals surface area contributed by atoms with Crippen molar-refractivity contribution in [3.8, 4) is 0 Å². The van der Waals surface area contributed by atoms with Crippen molar-refractivity contribution < 1.29 is 9.59 Å². The molecule has 1 fully saturated rings. The van der Waals surface area contributed by atoms with Gasteiger partial charge in [-0.2, -0.15) is 0 Å². The highest BCUT2D eigenvalue weighted by Crippen LogP contribution is 2.11. The Bertz CT molecular complexity index is 251. The Morgan fingerprint density at radius 3 is 2.67 bits per heavy atom. The summed E-state index contributed by atoms with van der Waals surface area (Å²) in [5, 5.41) is 5.56. The lowest BCUT2D eigenvalue weighted by Gasteiger charge is -2.17. The highest BCUT2D eigenvalue weighted by atomic mass is 16.2. The summed E-state index contributed by atoms with van der Waals surface area (Å²) in [4.78, 5) is 22.5. The maximum absolute atomic E-state index is 11.6. The Balaban J connectivity index is 2.27. The third-order valence-corrected chi connectivity index (χ3v) is 3.08. The van der Waals surface area contributed by atoms with Crippen molar-refractivity contribution in [2.75, 3.05) is 13.1 Å². The number of hydrogen-bond donors (Lipinski definition) is 2. The Hall–Kier alpha value is -1.06. The van der Waals surface area contributed by atoms with Gasteiger partial charge in [0.25, 0.3) is 0 Å². The minimum Gasteiger partial charge on any atom is -0.356 e. The highest BCUT2D eigenvalue weighted by Gasteiger charge is 2.27. The highest BCUT2D eigenvalue weighted by molar-refractivity contribution is 5.89. The molecular formula is C11H20N2O2. The number of hydrogen-bond acceptors (Lipinski definition) is 2. The molecule has 0 aromatic heterocycles. The van der Waals surface area contributed by atoms with Crippen LogP contribution in [0, 0.1) is 17.8 Å². The number of carbonyl (C=O) groups excluding carboxylic acids is 2. The van der Waals surface area contributed by atoms with Crippen molar-refractivity contribution in [2.45, 2.75) is 27.2 Å². The first-order valence-corrected chi connectivity index (χ1v) is 5.55. The minimum absolute atomic E-state index is 0.000787. The van der Waals surface area contributed by atoms with E-state index in [0.717, 1.165) is 0 Å². The van der Waals surface area contributed by atoms with Crippen LogP contribution < -0.4 is 10.6 Å². The molecule has 2 atom stereocenters. The molecule has 0 bridgehead atoms. The molecule has 2 amide bonds. The SMILES string of the molecule is CC(C)C(C)CNC(=O)C1CNC(=O)C1. The molecule has 0 saturated carbocycles. The van der Waals surface area contributed by atoms with Crippen LogP contribution in [-0.2, 0) is 9.59 Å². The summed E-state index contributed by atoms with van der Waals surface area (Å²) in [6, 6.07) is 0. The van der Waals surface area contributed by atoms with Gasteiger partial charge in [0.1, 0.15) is 0 Å². The van der Waals surface area contributed by atoms with Crippen molar-refractivity contribution in [3.63, 3.8) is 0 Å². The molecule has 0 aliphatic carbocycles. The van der Waals surface area contributed by atoms with Crippen LogP contribution in [0.5, 0.6) is 0 Å². The van der Waals surface area contributed by atoms with Gasteiger partial charge in [0.15, 0.2) is 0 Å². The third-order valence-electron chi connectivity index (χ3n) is 3.08. The van der Waals surface area contributed by atoms with E-state index in [-0.39, 0.29) is 17.7 Å². The van der Waals surface area contributed by atoms with Crippen LogP contribution >= 0.6 is 0 Å². The lowest BCUT2D eigenvalue weighted by Crippen LogP contribution is -2.35. The van der Waals surface area contributed by atoms with Gasteiger partial charge in [-0.3, -0.25) is 9.59 Å². The van der Waals surface area contributed by atoms with Crippen molar-refractivity contribution in [3.05, 3.63) is 0 Å². The predicted molar refractivity (Wildman–Crippen MR) is 58.1 cm³/mol. The number of amides is 2. The summed E-state index contributed by atoms with van der Waals surface area (Å²) in [7, 11) is 0. The second-order valence-corrected chi connectivity index (χ2v) is 4.67. The quantitative estimate of drug-likeness (QED) is 0.714. The van der Waals surface area contributed by atoms with Crippen molar-refractivity contribution in [1.29, 1.82) is 0 Å². The van der Waals surface area contributed by atoms with Crippen LogP contribution in [0.4, 0.5) is 0 Å². The van der Waals surface area contributed by atoms with E-state index in [0.29, 0.717) is 31.3 Å². The molecule has 1 rings (SSSR count). The van der Waals surface area contributed by atoms with E-state index >= 15 is 0 Å². The first-order valence-electron chi connectivity index (χ1n) is 5.55. The minimum atomic E-state index is -0.170. The molecule has 2 N–H and O–H groups in total. The van der Waals surface area contributed by atoms with E-state index < -0.39 is 0 Å². The molecule has 1 heterocycles. The zero-order valence-corrected chi connectivity index (χ0v) is 9.67. The standard InChI is InChI=1S/C11H20N2O2/c1-7(2)8(3)5-13-11(15)9-4-10(14)12-6-9/h7-9H,4-6H2,1-3H3,(H,12,14)(H,13,15). The van der Waals surface area contributed by atoms with E-state index in [9.17, 15) is 9.59 Å². The first kappa shape index (κ1) is 12.0. The fraction of sp³-hybridized carbons (Fsp3) is 0.818.